The molecular weight excluding hydrogens is 292 g/mol. The maximum absolute atomic E-state index is 10.2. The topological polar surface area (TPSA) is 89.5 Å². The molecule has 6 nitrogen and oxygen atoms in total. The van der Waals surface area contributed by atoms with E-state index in [0.717, 1.165) is 25.5 Å². The minimum atomic E-state index is -0.449. The molecule has 120 valence electrons. The quantitative estimate of drug-likeness (QED) is 0.778. The van der Waals surface area contributed by atoms with Crippen molar-refractivity contribution >= 4 is 11.8 Å². The smallest absolute Gasteiger partial charge is 0.320 e. The van der Waals surface area contributed by atoms with E-state index in [4.69, 9.17) is 10.5 Å². The molecule has 0 spiro atoms. The number of aliphatic imine (C=N–C) groups is 1. The van der Waals surface area contributed by atoms with Gasteiger partial charge in [-0.2, -0.15) is 10.5 Å². The Labute approximate surface area is 136 Å². The summed E-state index contributed by atoms with van der Waals surface area (Å²) in [5, 5.41) is 16.6. The molecule has 23 heavy (non-hydrogen) atoms. The van der Waals surface area contributed by atoms with Crippen molar-refractivity contribution in [3.05, 3.63) is 35.9 Å². The number of rotatable bonds is 5. The Morgan fingerprint density at radius 3 is 2.65 bits per heavy atom. The van der Waals surface area contributed by atoms with Crippen LogP contribution in [0.25, 0.3) is 0 Å². The molecule has 0 aliphatic carbocycles. The number of hydrogen-bond donors (Lipinski definition) is 0. The van der Waals surface area contributed by atoms with E-state index in [1.807, 2.05) is 18.2 Å². The predicted molar refractivity (Wildman–Crippen MR) is 86.2 cm³/mol. The summed E-state index contributed by atoms with van der Waals surface area (Å²) in [6, 6.07) is 14.1. The molecule has 0 unspecified atom stereocenters. The molecule has 0 saturated heterocycles. The van der Waals surface area contributed by atoms with Crippen LogP contribution in [-0.4, -0.2) is 36.4 Å². The summed E-state index contributed by atoms with van der Waals surface area (Å²) < 4.78 is 4.42. The highest BCUT2D eigenvalue weighted by Crippen LogP contribution is 2.10. The molecule has 1 aliphatic rings. The highest BCUT2D eigenvalue weighted by Gasteiger charge is 2.15. The number of benzene rings is 1. The number of nitrogens with zero attached hydrogens (tertiary/aromatic N) is 4. The van der Waals surface area contributed by atoms with Crippen molar-refractivity contribution in [2.75, 3.05) is 19.7 Å². The summed E-state index contributed by atoms with van der Waals surface area (Å²) in [5.41, 5.74) is 1.27. The number of ether oxygens (including phenoxy) is 1. The second-order valence-corrected chi connectivity index (χ2v) is 4.68. The third kappa shape index (κ3) is 7.10. The summed E-state index contributed by atoms with van der Waals surface area (Å²) in [6.45, 7) is 4.67. The molecule has 0 saturated carbocycles. The molecular formula is C17H20N4O2. The Bertz CT molecular complexity index is 599. The third-order valence-corrected chi connectivity index (χ3v) is 3.01. The van der Waals surface area contributed by atoms with E-state index in [1.54, 1.807) is 13.0 Å². The average Bonchev–Trinajstić information content (AvgIpc) is 2.97. The lowest BCUT2D eigenvalue weighted by atomic mass is 10.2. The van der Waals surface area contributed by atoms with Gasteiger partial charge >= 0.3 is 5.97 Å². The Morgan fingerprint density at radius 1 is 1.30 bits per heavy atom. The minimum Gasteiger partial charge on any atom is -0.465 e. The van der Waals surface area contributed by atoms with Gasteiger partial charge in [-0.3, -0.25) is 9.79 Å². The monoisotopic (exact) mass is 312 g/mol. The number of carbonyl (C=O) groups excluding carboxylic acids is 1. The zero-order valence-corrected chi connectivity index (χ0v) is 13.2. The first kappa shape index (κ1) is 18.2. The number of esters is 1. The van der Waals surface area contributed by atoms with E-state index in [9.17, 15) is 4.79 Å². The highest BCUT2D eigenvalue weighted by atomic mass is 16.5. The van der Waals surface area contributed by atoms with Gasteiger partial charge in [0.05, 0.1) is 31.7 Å². The van der Waals surface area contributed by atoms with Gasteiger partial charge in [-0.05, 0) is 12.5 Å². The summed E-state index contributed by atoms with van der Waals surface area (Å²) in [4.78, 5) is 16.7. The molecule has 1 heterocycles. The lowest BCUT2D eigenvalue weighted by Crippen LogP contribution is -2.26. The average molecular weight is 312 g/mol. The highest BCUT2D eigenvalue weighted by molar-refractivity contribution is 5.85. The molecule has 0 amide bonds. The summed E-state index contributed by atoms with van der Waals surface area (Å²) in [5.74, 6) is 0.483. The fraction of sp³-hybridized carbons (Fsp3) is 0.412. The van der Waals surface area contributed by atoms with Crippen LogP contribution >= 0.6 is 0 Å². The number of nitriles is 2. The molecule has 1 aliphatic heterocycles. The van der Waals surface area contributed by atoms with E-state index in [0.29, 0.717) is 13.0 Å². The molecule has 0 bridgehead atoms. The Morgan fingerprint density at radius 2 is 2.04 bits per heavy atom. The third-order valence-electron chi connectivity index (χ3n) is 3.01. The van der Waals surface area contributed by atoms with Crippen molar-refractivity contribution < 1.29 is 9.53 Å². The second kappa shape index (κ2) is 10.8. The summed E-state index contributed by atoms with van der Waals surface area (Å²) in [6.07, 6.45) is 0.278. The van der Waals surface area contributed by atoms with Gasteiger partial charge < -0.3 is 9.64 Å². The molecule has 0 fully saturated rings. The largest absolute Gasteiger partial charge is 0.465 e. The number of carbonyl (C=O) groups is 1. The standard InChI is InChI=1S/C12H13N3.C5H7NO2/c13-7-6-12-14-8-9-15(12)10-11-4-2-1-3-5-11;1-2-8-5(7)3-4-6/h1-5H,6,8-10H2;2-3H2,1H3. The van der Waals surface area contributed by atoms with Crippen molar-refractivity contribution in [1.82, 2.24) is 4.90 Å². The summed E-state index contributed by atoms with van der Waals surface area (Å²) in [7, 11) is 0. The normalized spacial score (nSPS) is 12.3. The molecule has 0 N–H and O–H groups in total. The molecule has 2 rings (SSSR count). The number of amidine groups is 1. The van der Waals surface area contributed by atoms with Gasteiger partial charge in [-0.25, -0.2) is 0 Å². The van der Waals surface area contributed by atoms with E-state index < -0.39 is 5.97 Å². The SMILES string of the molecule is CCOC(=O)CC#N.N#CCC1=NCCN1Cc1ccccc1. The van der Waals surface area contributed by atoms with Gasteiger partial charge in [0.25, 0.3) is 0 Å². The maximum atomic E-state index is 10.2. The van der Waals surface area contributed by atoms with Gasteiger partial charge in [0, 0.05) is 13.1 Å². The number of hydrogen-bond acceptors (Lipinski definition) is 6. The van der Waals surface area contributed by atoms with Crippen LogP contribution in [0.4, 0.5) is 0 Å². The van der Waals surface area contributed by atoms with Crippen LogP contribution < -0.4 is 0 Å². The first-order chi connectivity index (χ1) is 11.2. The molecule has 0 aromatic heterocycles. The lowest BCUT2D eigenvalue weighted by molar-refractivity contribution is -0.141. The lowest BCUT2D eigenvalue weighted by Gasteiger charge is -2.18. The van der Waals surface area contributed by atoms with Crippen LogP contribution in [0.15, 0.2) is 35.3 Å². The van der Waals surface area contributed by atoms with Crippen molar-refractivity contribution in [3.63, 3.8) is 0 Å². The van der Waals surface area contributed by atoms with Crippen LogP contribution in [-0.2, 0) is 16.1 Å². The van der Waals surface area contributed by atoms with Crippen molar-refractivity contribution in [1.29, 1.82) is 10.5 Å². The molecule has 0 radical (unpaired) electrons. The zero-order chi connectivity index (χ0) is 16.9. The Kier molecular flexibility index (Phi) is 8.55. The van der Waals surface area contributed by atoms with Crippen LogP contribution in [0, 0.1) is 22.7 Å². The van der Waals surface area contributed by atoms with Gasteiger partial charge in [-0.15, -0.1) is 0 Å². The molecule has 6 heteroatoms. The van der Waals surface area contributed by atoms with Crippen molar-refractivity contribution in [3.8, 4) is 12.1 Å². The second-order valence-electron chi connectivity index (χ2n) is 4.68. The van der Waals surface area contributed by atoms with E-state index in [1.165, 1.54) is 5.56 Å². The van der Waals surface area contributed by atoms with Crippen LogP contribution in [0.5, 0.6) is 0 Å². The van der Waals surface area contributed by atoms with Crippen LogP contribution in [0.3, 0.4) is 0 Å². The van der Waals surface area contributed by atoms with E-state index >= 15 is 0 Å². The van der Waals surface area contributed by atoms with Crippen LogP contribution in [0.1, 0.15) is 25.3 Å². The Balaban J connectivity index is 0.000000284. The molecule has 1 aromatic rings. The van der Waals surface area contributed by atoms with Crippen LogP contribution in [0.2, 0.25) is 0 Å². The van der Waals surface area contributed by atoms with Crippen molar-refractivity contribution in [2.24, 2.45) is 4.99 Å². The Hall–Kier alpha value is -2.86. The fourth-order valence-electron chi connectivity index (χ4n) is 2.02. The van der Waals surface area contributed by atoms with E-state index in [2.05, 4.69) is 32.8 Å². The minimum absolute atomic E-state index is 0.145. The van der Waals surface area contributed by atoms with Gasteiger partial charge in [0.15, 0.2) is 0 Å². The van der Waals surface area contributed by atoms with E-state index in [-0.39, 0.29) is 6.42 Å². The van der Waals surface area contributed by atoms with Gasteiger partial charge in [0.1, 0.15) is 12.3 Å². The fourth-order valence-corrected chi connectivity index (χ4v) is 2.02. The van der Waals surface area contributed by atoms with Gasteiger partial charge in [0.2, 0.25) is 0 Å². The first-order valence-corrected chi connectivity index (χ1v) is 7.43. The molecule has 1 aromatic carbocycles. The zero-order valence-electron chi connectivity index (χ0n) is 13.2. The molecule has 0 atom stereocenters. The first-order valence-electron chi connectivity index (χ1n) is 7.43. The van der Waals surface area contributed by atoms with Gasteiger partial charge in [-0.1, -0.05) is 30.3 Å². The summed E-state index contributed by atoms with van der Waals surface area (Å²) >= 11 is 0. The van der Waals surface area contributed by atoms with Crippen molar-refractivity contribution in [2.45, 2.75) is 26.3 Å². The predicted octanol–water partition coefficient (Wildman–Crippen LogP) is 2.28. The maximum Gasteiger partial charge on any atom is 0.320 e.